The van der Waals surface area contributed by atoms with Crippen LogP contribution in [0, 0.1) is 0 Å². The number of amides is 2. The van der Waals surface area contributed by atoms with Crippen LogP contribution >= 0.6 is 0 Å². The van der Waals surface area contributed by atoms with E-state index in [2.05, 4.69) is 15.5 Å². The summed E-state index contributed by atoms with van der Waals surface area (Å²) >= 11 is 0. The number of nitrogens with zero attached hydrogens (tertiary/aromatic N) is 4. The summed E-state index contributed by atoms with van der Waals surface area (Å²) in [6.07, 6.45) is 4.67. The number of pyridine rings is 1. The Morgan fingerprint density at radius 1 is 1.43 bits per heavy atom. The van der Waals surface area contributed by atoms with Gasteiger partial charge in [0, 0.05) is 32.5 Å². The Labute approximate surface area is 135 Å². The number of hydrogen-bond donors (Lipinski definition) is 1. The van der Waals surface area contributed by atoms with Crippen molar-refractivity contribution in [2.24, 2.45) is 0 Å². The number of likely N-dealkylation sites (tertiary alicyclic amines) is 1. The van der Waals surface area contributed by atoms with Gasteiger partial charge in [-0.15, -0.1) is 10.2 Å². The number of ether oxygens (including phenoxy) is 1. The predicted octanol–water partition coefficient (Wildman–Crippen LogP) is 2.00. The van der Waals surface area contributed by atoms with Crippen molar-refractivity contribution in [2.45, 2.75) is 32.2 Å². The van der Waals surface area contributed by atoms with Crippen LogP contribution in [-0.2, 0) is 4.74 Å². The monoisotopic (exact) mass is 317 g/mol. The molecule has 3 heterocycles. The highest BCUT2D eigenvalue weighted by atomic mass is 16.5. The van der Waals surface area contributed by atoms with E-state index in [1.165, 1.54) is 0 Å². The van der Waals surface area contributed by atoms with Gasteiger partial charge in [0.15, 0.2) is 11.5 Å². The van der Waals surface area contributed by atoms with Crippen molar-refractivity contribution >= 4 is 11.7 Å². The van der Waals surface area contributed by atoms with Crippen molar-refractivity contribution < 1.29 is 9.53 Å². The van der Waals surface area contributed by atoms with E-state index in [1.54, 1.807) is 0 Å². The number of nitrogens with one attached hydrogen (secondary N) is 1. The molecule has 7 heteroatoms. The molecule has 3 rings (SSSR count). The van der Waals surface area contributed by atoms with E-state index in [4.69, 9.17) is 4.74 Å². The van der Waals surface area contributed by atoms with E-state index in [1.807, 2.05) is 40.6 Å². The molecule has 0 unspecified atom stereocenters. The summed E-state index contributed by atoms with van der Waals surface area (Å²) in [6, 6.07) is 5.76. The molecule has 1 aliphatic heterocycles. The highest BCUT2D eigenvalue weighted by molar-refractivity contribution is 5.75. The molecule has 2 aromatic heterocycles. The third kappa shape index (κ3) is 3.44. The number of rotatable bonds is 6. The maximum Gasteiger partial charge on any atom is 0.318 e. The second-order valence-corrected chi connectivity index (χ2v) is 5.62. The van der Waals surface area contributed by atoms with Crippen LogP contribution in [0.2, 0.25) is 0 Å². The minimum absolute atomic E-state index is 0.0145. The summed E-state index contributed by atoms with van der Waals surface area (Å²) in [5.41, 5.74) is 0.812. The van der Waals surface area contributed by atoms with E-state index >= 15 is 0 Å². The van der Waals surface area contributed by atoms with Crippen LogP contribution in [0.15, 0.2) is 24.4 Å². The van der Waals surface area contributed by atoms with E-state index in [9.17, 15) is 4.79 Å². The molecule has 2 aromatic rings. The first-order chi connectivity index (χ1) is 11.3. The Kier molecular flexibility index (Phi) is 5.07. The van der Waals surface area contributed by atoms with Crippen molar-refractivity contribution in [3.8, 4) is 0 Å². The number of hydrogen-bond acceptors (Lipinski definition) is 4. The van der Waals surface area contributed by atoms with Gasteiger partial charge in [0.05, 0.1) is 6.04 Å². The lowest BCUT2D eigenvalue weighted by atomic mass is 10.2. The lowest BCUT2D eigenvalue weighted by molar-refractivity contribution is 0.143. The van der Waals surface area contributed by atoms with Gasteiger partial charge in [0.25, 0.3) is 0 Å². The molecule has 1 saturated heterocycles. The zero-order chi connectivity index (χ0) is 16.1. The first-order valence-corrected chi connectivity index (χ1v) is 8.23. The van der Waals surface area contributed by atoms with E-state index in [0.717, 1.165) is 37.3 Å². The predicted molar refractivity (Wildman–Crippen MR) is 86.2 cm³/mol. The van der Waals surface area contributed by atoms with Gasteiger partial charge in [-0.2, -0.15) is 0 Å². The summed E-state index contributed by atoms with van der Waals surface area (Å²) in [5, 5.41) is 11.5. The van der Waals surface area contributed by atoms with E-state index in [0.29, 0.717) is 19.8 Å². The van der Waals surface area contributed by atoms with Crippen LogP contribution in [0.5, 0.6) is 0 Å². The first kappa shape index (κ1) is 15.7. The van der Waals surface area contributed by atoms with Gasteiger partial charge in [-0.3, -0.25) is 4.40 Å². The molecule has 1 fully saturated rings. The summed E-state index contributed by atoms with van der Waals surface area (Å²) < 4.78 is 7.25. The van der Waals surface area contributed by atoms with E-state index in [-0.39, 0.29) is 12.1 Å². The fourth-order valence-corrected chi connectivity index (χ4v) is 2.98. The summed E-state index contributed by atoms with van der Waals surface area (Å²) in [5.74, 6) is 0.836. The second-order valence-electron chi connectivity index (χ2n) is 5.62. The van der Waals surface area contributed by atoms with Crippen LogP contribution in [0.1, 0.15) is 38.1 Å². The van der Waals surface area contributed by atoms with Crippen molar-refractivity contribution in [3.63, 3.8) is 0 Å². The maximum absolute atomic E-state index is 12.4. The zero-order valence-corrected chi connectivity index (χ0v) is 13.4. The SMILES string of the molecule is CCOCCCNC(=O)N1CCC[C@H]1c1nnc2ccccn12. The van der Waals surface area contributed by atoms with Gasteiger partial charge < -0.3 is 15.0 Å². The number of carbonyl (C=O) groups is 1. The van der Waals surface area contributed by atoms with Crippen LogP contribution in [0.25, 0.3) is 5.65 Å². The van der Waals surface area contributed by atoms with Crippen molar-refractivity contribution in [1.29, 1.82) is 0 Å². The maximum atomic E-state index is 12.4. The normalized spacial score (nSPS) is 17.8. The third-order valence-corrected chi connectivity index (χ3v) is 4.10. The molecular formula is C16H23N5O2. The van der Waals surface area contributed by atoms with E-state index < -0.39 is 0 Å². The van der Waals surface area contributed by atoms with Crippen molar-refractivity contribution in [1.82, 2.24) is 24.8 Å². The van der Waals surface area contributed by atoms with Gasteiger partial charge in [-0.05, 0) is 38.3 Å². The van der Waals surface area contributed by atoms with Crippen LogP contribution in [0.4, 0.5) is 4.79 Å². The largest absolute Gasteiger partial charge is 0.382 e. The van der Waals surface area contributed by atoms with Gasteiger partial charge in [-0.25, -0.2) is 4.79 Å². The molecule has 0 radical (unpaired) electrons. The molecule has 2 amide bonds. The average molecular weight is 317 g/mol. The number of fused-ring (bicyclic) bond motifs is 1. The molecular weight excluding hydrogens is 294 g/mol. The molecule has 0 spiro atoms. The molecule has 124 valence electrons. The fourth-order valence-electron chi connectivity index (χ4n) is 2.98. The third-order valence-electron chi connectivity index (χ3n) is 4.10. The number of carbonyl (C=O) groups excluding carboxylic acids is 1. The van der Waals surface area contributed by atoms with Crippen LogP contribution in [-0.4, -0.2) is 51.8 Å². The first-order valence-electron chi connectivity index (χ1n) is 8.23. The lowest BCUT2D eigenvalue weighted by Gasteiger charge is -2.23. The minimum Gasteiger partial charge on any atom is -0.382 e. The highest BCUT2D eigenvalue weighted by Gasteiger charge is 2.33. The Morgan fingerprint density at radius 3 is 3.22 bits per heavy atom. The molecule has 0 aliphatic carbocycles. The molecule has 7 nitrogen and oxygen atoms in total. The number of urea groups is 1. The van der Waals surface area contributed by atoms with Crippen LogP contribution < -0.4 is 5.32 Å². The van der Waals surface area contributed by atoms with Gasteiger partial charge >= 0.3 is 6.03 Å². The Bertz CT molecular complexity index is 657. The molecule has 0 saturated carbocycles. The Morgan fingerprint density at radius 2 is 2.35 bits per heavy atom. The van der Waals surface area contributed by atoms with Gasteiger partial charge in [0.1, 0.15) is 0 Å². The summed E-state index contributed by atoms with van der Waals surface area (Å²) in [4.78, 5) is 14.3. The molecule has 1 atom stereocenters. The Hall–Kier alpha value is -2.15. The van der Waals surface area contributed by atoms with Gasteiger partial charge in [0.2, 0.25) is 0 Å². The van der Waals surface area contributed by atoms with Crippen LogP contribution in [0.3, 0.4) is 0 Å². The smallest absolute Gasteiger partial charge is 0.318 e. The average Bonchev–Trinajstić information content (AvgIpc) is 3.20. The molecule has 1 aliphatic rings. The second kappa shape index (κ2) is 7.41. The van der Waals surface area contributed by atoms with Gasteiger partial charge in [-0.1, -0.05) is 6.07 Å². The Balaban J connectivity index is 1.64. The number of aromatic nitrogens is 3. The summed E-state index contributed by atoms with van der Waals surface area (Å²) in [6.45, 7) is 4.74. The molecule has 0 aromatic carbocycles. The molecule has 23 heavy (non-hydrogen) atoms. The summed E-state index contributed by atoms with van der Waals surface area (Å²) in [7, 11) is 0. The standard InChI is InChI=1S/C16H23N5O2/c1-2-23-12-6-9-17-16(22)20-11-5-7-13(20)15-19-18-14-8-3-4-10-21(14)15/h3-4,8,10,13H,2,5-7,9,11-12H2,1H3,(H,17,22)/t13-/m0/s1. The zero-order valence-electron chi connectivity index (χ0n) is 13.4. The topological polar surface area (TPSA) is 71.8 Å². The fraction of sp³-hybridized carbons (Fsp3) is 0.562. The minimum atomic E-state index is -0.0309. The van der Waals surface area contributed by atoms with Crippen molar-refractivity contribution in [2.75, 3.05) is 26.3 Å². The van der Waals surface area contributed by atoms with Crippen molar-refractivity contribution in [3.05, 3.63) is 30.2 Å². The molecule has 1 N–H and O–H groups in total. The molecule has 0 bridgehead atoms. The highest BCUT2D eigenvalue weighted by Crippen LogP contribution is 2.30. The quantitative estimate of drug-likeness (QED) is 0.827. The lowest BCUT2D eigenvalue weighted by Crippen LogP contribution is -2.40.